The zero-order valence-corrected chi connectivity index (χ0v) is 12.4. The van der Waals surface area contributed by atoms with Crippen LogP contribution in [-0.4, -0.2) is 17.6 Å². The summed E-state index contributed by atoms with van der Waals surface area (Å²) in [5, 5.41) is 12.4. The van der Waals surface area contributed by atoms with Crippen LogP contribution in [0.1, 0.15) is 11.1 Å². The molecule has 2 rings (SSSR count). The summed E-state index contributed by atoms with van der Waals surface area (Å²) in [7, 11) is 0. The van der Waals surface area contributed by atoms with Crippen LogP contribution < -0.4 is 10.1 Å². The predicted octanol–water partition coefficient (Wildman–Crippen LogP) is 3.16. The molecule has 0 aliphatic carbocycles. The molecule has 0 radical (unpaired) electrons. The minimum atomic E-state index is -0.312. The molecule has 21 heavy (non-hydrogen) atoms. The van der Waals surface area contributed by atoms with E-state index >= 15 is 0 Å². The number of ether oxygens (including phenoxy) is 1. The van der Waals surface area contributed by atoms with Gasteiger partial charge in [0.05, 0.1) is 17.3 Å². The van der Waals surface area contributed by atoms with Gasteiger partial charge in [0.2, 0.25) is 0 Å². The molecule has 0 atom stereocenters. The van der Waals surface area contributed by atoms with Gasteiger partial charge in [-0.2, -0.15) is 0 Å². The van der Waals surface area contributed by atoms with Crippen LogP contribution in [0.4, 0.5) is 5.69 Å². The Bertz CT molecular complexity index is 643. The van der Waals surface area contributed by atoms with E-state index in [2.05, 4.69) is 5.32 Å². The second kappa shape index (κ2) is 7.11. The Morgan fingerprint density at radius 1 is 1.29 bits per heavy atom. The first-order valence-corrected chi connectivity index (χ1v) is 6.85. The molecule has 0 aromatic heterocycles. The van der Waals surface area contributed by atoms with Crippen LogP contribution in [0.3, 0.4) is 0 Å². The molecular weight excluding hydrogens is 290 g/mol. The van der Waals surface area contributed by atoms with Crippen LogP contribution in [-0.2, 0) is 11.4 Å². The number of anilines is 1. The summed E-state index contributed by atoms with van der Waals surface area (Å²) in [5.74, 6) is 0.185. The first-order chi connectivity index (χ1) is 10.1. The highest BCUT2D eigenvalue weighted by molar-refractivity contribution is 6.33. The molecule has 5 heteroatoms. The van der Waals surface area contributed by atoms with Gasteiger partial charge in [0.1, 0.15) is 5.75 Å². The number of carbonyl (C=O) groups excluding carboxylic acids is 1. The number of hydrogen-bond acceptors (Lipinski definition) is 3. The standard InChI is InChI=1S/C16H16ClNO3/c1-11-6-7-15(12(8-11)9-19)21-10-16(20)18-14-5-3-2-4-13(14)17/h2-8,19H,9-10H2,1H3,(H,18,20). The quantitative estimate of drug-likeness (QED) is 0.892. The third-order valence-corrected chi connectivity index (χ3v) is 3.22. The minimum Gasteiger partial charge on any atom is -0.483 e. The van der Waals surface area contributed by atoms with Crippen LogP contribution in [0.5, 0.6) is 5.75 Å². The first-order valence-electron chi connectivity index (χ1n) is 6.47. The second-order valence-corrected chi connectivity index (χ2v) is 4.99. The number of aliphatic hydroxyl groups is 1. The summed E-state index contributed by atoms with van der Waals surface area (Å²) in [6, 6.07) is 12.4. The lowest BCUT2D eigenvalue weighted by Crippen LogP contribution is -2.20. The molecule has 0 bridgehead atoms. The van der Waals surface area contributed by atoms with Gasteiger partial charge in [-0.1, -0.05) is 41.4 Å². The SMILES string of the molecule is Cc1ccc(OCC(=O)Nc2ccccc2Cl)c(CO)c1. The number of carbonyl (C=O) groups is 1. The maximum Gasteiger partial charge on any atom is 0.262 e. The Morgan fingerprint density at radius 2 is 2.05 bits per heavy atom. The summed E-state index contributed by atoms with van der Waals surface area (Å²) >= 11 is 5.96. The number of nitrogens with one attached hydrogen (secondary N) is 1. The molecule has 0 heterocycles. The number of halogens is 1. The van der Waals surface area contributed by atoms with Crippen molar-refractivity contribution in [2.24, 2.45) is 0 Å². The highest BCUT2D eigenvalue weighted by Gasteiger charge is 2.08. The van der Waals surface area contributed by atoms with E-state index in [-0.39, 0.29) is 19.1 Å². The van der Waals surface area contributed by atoms with E-state index in [9.17, 15) is 9.90 Å². The summed E-state index contributed by atoms with van der Waals surface area (Å²) in [4.78, 5) is 11.8. The lowest BCUT2D eigenvalue weighted by Gasteiger charge is -2.11. The summed E-state index contributed by atoms with van der Waals surface area (Å²) in [6.07, 6.45) is 0. The van der Waals surface area contributed by atoms with Crippen molar-refractivity contribution in [3.63, 3.8) is 0 Å². The van der Waals surface area contributed by atoms with Crippen LogP contribution in [0.15, 0.2) is 42.5 Å². The molecule has 0 unspecified atom stereocenters. The van der Waals surface area contributed by atoms with Crippen molar-refractivity contribution < 1.29 is 14.6 Å². The molecule has 0 saturated carbocycles. The van der Waals surface area contributed by atoms with Gasteiger partial charge in [-0.15, -0.1) is 0 Å². The summed E-state index contributed by atoms with van der Waals surface area (Å²) in [6.45, 7) is 1.64. The van der Waals surface area contributed by atoms with Crippen LogP contribution in [0.25, 0.3) is 0 Å². The molecule has 2 aromatic carbocycles. The Kier molecular flexibility index (Phi) is 5.20. The topological polar surface area (TPSA) is 58.6 Å². The smallest absolute Gasteiger partial charge is 0.262 e. The molecule has 4 nitrogen and oxygen atoms in total. The molecule has 110 valence electrons. The Labute approximate surface area is 128 Å². The third-order valence-electron chi connectivity index (χ3n) is 2.89. The Morgan fingerprint density at radius 3 is 2.76 bits per heavy atom. The number of hydrogen-bond donors (Lipinski definition) is 2. The number of aliphatic hydroxyl groups excluding tert-OH is 1. The molecule has 0 saturated heterocycles. The van der Waals surface area contributed by atoms with Crippen molar-refractivity contribution in [3.05, 3.63) is 58.6 Å². The zero-order valence-electron chi connectivity index (χ0n) is 11.6. The molecule has 0 aliphatic rings. The van der Waals surface area contributed by atoms with E-state index in [0.29, 0.717) is 22.0 Å². The minimum absolute atomic E-state index is 0.136. The van der Waals surface area contributed by atoms with Crippen molar-refractivity contribution in [2.75, 3.05) is 11.9 Å². The van der Waals surface area contributed by atoms with Gasteiger partial charge < -0.3 is 15.2 Å². The van der Waals surface area contributed by atoms with E-state index in [0.717, 1.165) is 5.56 Å². The zero-order chi connectivity index (χ0) is 15.2. The molecule has 1 amide bonds. The van der Waals surface area contributed by atoms with Crippen molar-refractivity contribution >= 4 is 23.2 Å². The molecular formula is C16H16ClNO3. The monoisotopic (exact) mass is 305 g/mol. The normalized spacial score (nSPS) is 10.2. The van der Waals surface area contributed by atoms with Crippen molar-refractivity contribution in [2.45, 2.75) is 13.5 Å². The summed E-state index contributed by atoms with van der Waals surface area (Å²) < 4.78 is 5.44. The van der Waals surface area contributed by atoms with Crippen molar-refractivity contribution in [1.29, 1.82) is 0 Å². The van der Waals surface area contributed by atoms with E-state index in [1.54, 1.807) is 30.3 Å². The largest absolute Gasteiger partial charge is 0.483 e. The molecule has 0 spiro atoms. The van der Waals surface area contributed by atoms with E-state index in [1.165, 1.54) is 0 Å². The number of para-hydroxylation sites is 1. The number of benzene rings is 2. The number of aryl methyl sites for hydroxylation is 1. The molecule has 0 aliphatic heterocycles. The van der Waals surface area contributed by atoms with Gasteiger partial charge in [0, 0.05) is 5.56 Å². The number of amides is 1. The van der Waals surface area contributed by atoms with Gasteiger partial charge >= 0.3 is 0 Å². The fourth-order valence-corrected chi connectivity index (χ4v) is 2.05. The van der Waals surface area contributed by atoms with E-state index in [1.807, 2.05) is 19.1 Å². The van der Waals surface area contributed by atoms with Gasteiger partial charge in [0.25, 0.3) is 5.91 Å². The predicted molar refractivity (Wildman–Crippen MR) is 82.7 cm³/mol. The van der Waals surface area contributed by atoms with Crippen molar-refractivity contribution in [3.8, 4) is 5.75 Å². The lowest BCUT2D eigenvalue weighted by atomic mass is 10.1. The van der Waals surface area contributed by atoms with Gasteiger partial charge in [-0.05, 0) is 25.1 Å². The van der Waals surface area contributed by atoms with Gasteiger partial charge in [-0.25, -0.2) is 0 Å². The first kappa shape index (κ1) is 15.4. The van der Waals surface area contributed by atoms with Crippen LogP contribution in [0, 0.1) is 6.92 Å². The lowest BCUT2D eigenvalue weighted by molar-refractivity contribution is -0.118. The molecule has 2 aromatic rings. The van der Waals surface area contributed by atoms with Gasteiger partial charge in [0.15, 0.2) is 6.61 Å². The fraction of sp³-hybridized carbons (Fsp3) is 0.188. The van der Waals surface area contributed by atoms with Crippen molar-refractivity contribution in [1.82, 2.24) is 0 Å². The van der Waals surface area contributed by atoms with E-state index < -0.39 is 0 Å². The third kappa shape index (κ3) is 4.21. The maximum atomic E-state index is 11.8. The highest BCUT2D eigenvalue weighted by atomic mass is 35.5. The average Bonchev–Trinajstić information content (AvgIpc) is 2.48. The average molecular weight is 306 g/mol. The molecule has 2 N–H and O–H groups in total. The Balaban J connectivity index is 1.97. The number of rotatable bonds is 5. The highest BCUT2D eigenvalue weighted by Crippen LogP contribution is 2.22. The molecule has 0 fully saturated rings. The van der Waals surface area contributed by atoms with Crippen LogP contribution >= 0.6 is 11.6 Å². The maximum absolute atomic E-state index is 11.8. The Hall–Kier alpha value is -2.04. The van der Waals surface area contributed by atoms with E-state index in [4.69, 9.17) is 16.3 Å². The van der Waals surface area contributed by atoms with Gasteiger partial charge in [-0.3, -0.25) is 4.79 Å². The second-order valence-electron chi connectivity index (χ2n) is 4.59. The fourth-order valence-electron chi connectivity index (χ4n) is 1.86. The summed E-state index contributed by atoms with van der Waals surface area (Å²) in [5.41, 5.74) is 2.21. The van der Waals surface area contributed by atoms with Crippen LogP contribution in [0.2, 0.25) is 5.02 Å².